The Balaban J connectivity index is 1.76. The van der Waals surface area contributed by atoms with Gasteiger partial charge < -0.3 is 0 Å². The van der Waals surface area contributed by atoms with E-state index in [0.717, 1.165) is 15.4 Å². The van der Waals surface area contributed by atoms with Crippen LogP contribution in [0.3, 0.4) is 0 Å². The van der Waals surface area contributed by atoms with Crippen LogP contribution >= 0.6 is 23.4 Å². The number of benzene rings is 2. The molecule has 2 aliphatic rings. The van der Waals surface area contributed by atoms with Crippen LogP contribution in [0.25, 0.3) is 0 Å². The van der Waals surface area contributed by atoms with Crippen molar-refractivity contribution >= 4 is 46.3 Å². The zero-order valence-corrected chi connectivity index (χ0v) is 16.9. The van der Waals surface area contributed by atoms with Crippen LogP contribution in [0.4, 0.5) is 4.79 Å². The third-order valence-corrected chi connectivity index (χ3v) is 5.98. The number of thioether (sulfide) groups is 1. The number of fused-ring (bicyclic) bond motifs is 1. The first-order valence-corrected chi connectivity index (χ1v) is 9.90. The smallest absolute Gasteiger partial charge is 0.269 e. The van der Waals surface area contributed by atoms with E-state index in [2.05, 4.69) is 4.99 Å². The summed E-state index contributed by atoms with van der Waals surface area (Å²) in [6, 6.07) is 16.3. The van der Waals surface area contributed by atoms with Gasteiger partial charge in [0.25, 0.3) is 17.8 Å². The Labute approximate surface area is 172 Å². The molecule has 2 aromatic carbocycles. The SMILES string of the molecule is CN1C(=O)C2C(=NC(Sc3ccccc3)=[N+]2Cc2ccc(Cl)cc2)N(C)C1=O. The average Bonchev–Trinajstić information content (AvgIpc) is 3.05. The first-order chi connectivity index (χ1) is 13.5. The Kier molecular flexibility index (Phi) is 4.95. The number of amidine groups is 2. The van der Waals surface area contributed by atoms with Crippen molar-refractivity contribution in [2.75, 3.05) is 14.1 Å². The van der Waals surface area contributed by atoms with Crippen LogP contribution in [0, 0.1) is 0 Å². The molecule has 0 bridgehead atoms. The molecule has 3 amide bonds. The monoisotopic (exact) mass is 413 g/mol. The first kappa shape index (κ1) is 18.7. The van der Waals surface area contributed by atoms with Crippen LogP contribution in [-0.4, -0.2) is 57.5 Å². The van der Waals surface area contributed by atoms with Gasteiger partial charge in [0.1, 0.15) is 6.54 Å². The third-order valence-electron chi connectivity index (χ3n) is 4.71. The molecule has 1 unspecified atom stereocenters. The number of halogens is 1. The fraction of sp³-hybridized carbons (Fsp3) is 0.200. The maximum atomic E-state index is 12.9. The Morgan fingerprint density at radius 3 is 2.39 bits per heavy atom. The molecule has 0 N–H and O–H groups in total. The number of likely N-dealkylation sites (N-methyl/N-ethyl adjacent to an activating group) is 2. The highest BCUT2D eigenvalue weighted by atomic mass is 35.5. The van der Waals surface area contributed by atoms with Crippen molar-refractivity contribution in [3.63, 3.8) is 0 Å². The Bertz CT molecular complexity index is 1000. The molecule has 0 saturated carbocycles. The minimum atomic E-state index is -0.630. The Morgan fingerprint density at radius 1 is 1.04 bits per heavy atom. The lowest BCUT2D eigenvalue weighted by Crippen LogP contribution is -2.61. The number of hydrogen-bond acceptors (Lipinski definition) is 4. The summed E-state index contributed by atoms with van der Waals surface area (Å²) in [7, 11) is 3.15. The highest BCUT2D eigenvalue weighted by Crippen LogP contribution is 2.28. The van der Waals surface area contributed by atoms with Gasteiger partial charge in [0.2, 0.25) is 0 Å². The maximum Gasteiger partial charge on any atom is 0.363 e. The second-order valence-corrected chi connectivity index (χ2v) is 8.04. The standard InChI is InChI=1S/C20H18ClN4O2S/c1-23-17-16(18(26)24(2)20(23)27)25(12-13-8-10-14(21)11-9-13)19(22-17)28-15-6-4-3-5-7-15/h3-11,16H,12H2,1-2H3/q+1. The largest absolute Gasteiger partial charge is 0.363 e. The van der Waals surface area contributed by atoms with E-state index in [1.165, 1.54) is 23.7 Å². The van der Waals surface area contributed by atoms with Crippen LogP contribution in [0.15, 0.2) is 64.5 Å². The molecular weight excluding hydrogens is 396 g/mol. The van der Waals surface area contributed by atoms with Gasteiger partial charge >= 0.3 is 11.2 Å². The lowest BCUT2D eigenvalue weighted by Gasteiger charge is -2.30. The van der Waals surface area contributed by atoms with Gasteiger partial charge in [-0.05, 0) is 34.8 Å². The van der Waals surface area contributed by atoms with Crippen molar-refractivity contribution in [1.82, 2.24) is 9.80 Å². The summed E-state index contributed by atoms with van der Waals surface area (Å²) >= 11 is 7.48. The lowest BCUT2D eigenvalue weighted by atomic mass is 10.1. The maximum absolute atomic E-state index is 12.9. The van der Waals surface area contributed by atoms with E-state index >= 15 is 0 Å². The van der Waals surface area contributed by atoms with Gasteiger partial charge in [0.05, 0.1) is 0 Å². The molecule has 0 spiro atoms. The van der Waals surface area contributed by atoms with Gasteiger partial charge in [-0.2, -0.15) is 0 Å². The summed E-state index contributed by atoms with van der Waals surface area (Å²) in [4.78, 5) is 33.5. The summed E-state index contributed by atoms with van der Waals surface area (Å²) in [5, 5.41) is 1.34. The highest BCUT2D eigenvalue weighted by molar-refractivity contribution is 8.13. The van der Waals surface area contributed by atoms with E-state index in [0.29, 0.717) is 22.6 Å². The molecule has 6 nitrogen and oxygen atoms in total. The molecule has 142 valence electrons. The summed E-state index contributed by atoms with van der Waals surface area (Å²) in [5.41, 5.74) is 1.00. The molecule has 1 atom stereocenters. The molecule has 0 radical (unpaired) electrons. The molecular formula is C20H18ClN4O2S+. The number of aliphatic imine (C=N–C) groups is 1. The predicted octanol–water partition coefficient (Wildman–Crippen LogP) is 3.31. The van der Waals surface area contributed by atoms with E-state index in [1.807, 2.05) is 59.2 Å². The van der Waals surface area contributed by atoms with Crippen LogP contribution in [-0.2, 0) is 11.3 Å². The van der Waals surface area contributed by atoms with E-state index in [1.54, 1.807) is 7.05 Å². The van der Waals surface area contributed by atoms with E-state index in [9.17, 15) is 9.59 Å². The fourth-order valence-electron chi connectivity index (χ4n) is 3.20. The van der Waals surface area contributed by atoms with Crippen LogP contribution in [0.5, 0.6) is 0 Å². The summed E-state index contributed by atoms with van der Waals surface area (Å²) in [6.45, 7) is 0.478. The predicted molar refractivity (Wildman–Crippen MR) is 110 cm³/mol. The quantitative estimate of drug-likeness (QED) is 0.725. The Hall–Kier alpha value is -2.64. The van der Waals surface area contributed by atoms with Crippen molar-refractivity contribution in [2.45, 2.75) is 17.5 Å². The summed E-state index contributed by atoms with van der Waals surface area (Å²) in [5.74, 6) is 0.181. The van der Waals surface area contributed by atoms with E-state index in [-0.39, 0.29) is 11.9 Å². The third kappa shape index (κ3) is 3.31. The minimum absolute atomic E-state index is 0.278. The summed E-state index contributed by atoms with van der Waals surface area (Å²) < 4.78 is 1.94. The molecule has 2 aromatic rings. The highest BCUT2D eigenvalue weighted by Gasteiger charge is 2.53. The van der Waals surface area contributed by atoms with Gasteiger partial charge in [0, 0.05) is 35.8 Å². The van der Waals surface area contributed by atoms with Gasteiger partial charge in [-0.15, -0.1) is 0 Å². The van der Waals surface area contributed by atoms with E-state index < -0.39 is 6.04 Å². The first-order valence-electron chi connectivity index (χ1n) is 8.70. The molecule has 2 heterocycles. The van der Waals surface area contributed by atoms with Crippen molar-refractivity contribution in [3.8, 4) is 0 Å². The van der Waals surface area contributed by atoms with Gasteiger partial charge in [-0.1, -0.05) is 41.9 Å². The number of carbonyl (C=O) groups excluding carboxylic acids is 2. The molecule has 1 fully saturated rings. The zero-order chi connectivity index (χ0) is 19.8. The van der Waals surface area contributed by atoms with Crippen LogP contribution in [0.2, 0.25) is 5.02 Å². The normalized spacial score (nSPS) is 19.2. The second-order valence-electron chi connectivity index (χ2n) is 6.56. The molecule has 1 saturated heterocycles. The van der Waals surface area contributed by atoms with Gasteiger partial charge in [0.15, 0.2) is 0 Å². The van der Waals surface area contributed by atoms with Crippen molar-refractivity contribution < 1.29 is 14.2 Å². The van der Waals surface area contributed by atoms with Crippen LogP contribution in [0.1, 0.15) is 5.56 Å². The number of nitrogens with zero attached hydrogens (tertiary/aromatic N) is 4. The fourth-order valence-corrected chi connectivity index (χ4v) is 4.25. The number of amides is 3. The molecule has 0 aliphatic carbocycles. The number of urea groups is 1. The zero-order valence-electron chi connectivity index (χ0n) is 15.4. The minimum Gasteiger partial charge on any atom is -0.269 e. The van der Waals surface area contributed by atoms with Crippen molar-refractivity contribution in [1.29, 1.82) is 0 Å². The molecule has 28 heavy (non-hydrogen) atoms. The second kappa shape index (κ2) is 7.41. The molecule has 8 heteroatoms. The van der Waals surface area contributed by atoms with Gasteiger partial charge in [-0.3, -0.25) is 14.6 Å². The number of hydrogen-bond donors (Lipinski definition) is 0. The molecule has 4 rings (SSSR count). The van der Waals surface area contributed by atoms with Crippen LogP contribution < -0.4 is 0 Å². The number of imide groups is 1. The molecule has 0 aromatic heterocycles. The average molecular weight is 414 g/mol. The number of rotatable bonds is 3. The molecule has 2 aliphatic heterocycles. The topological polar surface area (TPSA) is 56.0 Å². The lowest BCUT2D eigenvalue weighted by molar-refractivity contribution is -0.548. The summed E-state index contributed by atoms with van der Waals surface area (Å²) in [6.07, 6.45) is 0. The van der Waals surface area contributed by atoms with Gasteiger partial charge in [-0.25, -0.2) is 9.37 Å². The van der Waals surface area contributed by atoms with E-state index in [4.69, 9.17) is 11.6 Å². The van der Waals surface area contributed by atoms with Crippen molar-refractivity contribution in [3.05, 3.63) is 65.2 Å². The number of carbonyl (C=O) groups is 2. The Morgan fingerprint density at radius 2 is 1.71 bits per heavy atom. The van der Waals surface area contributed by atoms with Crippen molar-refractivity contribution in [2.24, 2.45) is 4.99 Å².